The van der Waals surface area contributed by atoms with Crippen molar-refractivity contribution in [2.75, 3.05) is 32.8 Å². The minimum Gasteiger partial charge on any atom is -0.497 e. The van der Waals surface area contributed by atoms with Gasteiger partial charge in [0.05, 0.1) is 36.8 Å². The van der Waals surface area contributed by atoms with Crippen molar-refractivity contribution in [2.24, 2.45) is 0 Å². The van der Waals surface area contributed by atoms with Crippen molar-refractivity contribution in [3.8, 4) is 11.5 Å². The van der Waals surface area contributed by atoms with Gasteiger partial charge in [-0.2, -0.15) is 0 Å². The summed E-state index contributed by atoms with van der Waals surface area (Å²) in [5.41, 5.74) is 2.79. The third-order valence-corrected chi connectivity index (χ3v) is 7.21. The summed E-state index contributed by atoms with van der Waals surface area (Å²) in [6.45, 7) is 7.39. The fraction of sp³-hybridized carbons (Fsp3) is 0.419. The average molecular weight is 614 g/mol. The van der Waals surface area contributed by atoms with Gasteiger partial charge >= 0.3 is 12.2 Å². The summed E-state index contributed by atoms with van der Waals surface area (Å²) in [6.07, 6.45) is -1.19. The van der Waals surface area contributed by atoms with Crippen molar-refractivity contribution in [2.45, 2.75) is 58.4 Å². The first kappa shape index (κ1) is 33.2. The topological polar surface area (TPSA) is 117 Å². The Bertz CT molecular complexity index is 1360. The number of rotatable bonds is 13. The van der Waals surface area contributed by atoms with E-state index in [9.17, 15) is 14.4 Å². The number of para-hydroxylation sites is 1. The summed E-state index contributed by atoms with van der Waals surface area (Å²) in [4.78, 5) is 45.8. The van der Waals surface area contributed by atoms with Crippen LogP contribution >= 0.6 is 11.3 Å². The Balaban J connectivity index is 1.81. The van der Waals surface area contributed by atoms with Crippen LogP contribution in [0.1, 0.15) is 49.9 Å². The second-order valence-corrected chi connectivity index (χ2v) is 11.6. The van der Waals surface area contributed by atoms with Gasteiger partial charge in [-0.15, -0.1) is 11.3 Å². The second-order valence-electron chi connectivity index (χ2n) is 10.7. The molecule has 0 radical (unpaired) electrons. The largest absolute Gasteiger partial charge is 0.497 e. The maximum absolute atomic E-state index is 13.5. The Kier molecular flexibility index (Phi) is 11.8. The highest BCUT2D eigenvalue weighted by Crippen LogP contribution is 2.34. The normalized spacial score (nSPS) is 12.4. The SMILES string of the molecule is COc1ccc(CC(C)OC(=O)N(C)Cc2ncsc2C(COC=O)N(C(=O)OC(C)(C)C)c2ccccc2)c(OC)c1. The number of ether oxygens (including phenoxy) is 5. The smallest absolute Gasteiger partial charge is 0.415 e. The number of hydrogen-bond acceptors (Lipinski definition) is 10. The van der Waals surface area contributed by atoms with E-state index >= 15 is 0 Å². The van der Waals surface area contributed by atoms with Crippen molar-refractivity contribution >= 4 is 35.7 Å². The molecule has 0 bridgehead atoms. The Morgan fingerprint density at radius 3 is 2.40 bits per heavy atom. The van der Waals surface area contributed by atoms with Crippen molar-refractivity contribution in [3.63, 3.8) is 0 Å². The maximum Gasteiger partial charge on any atom is 0.415 e. The van der Waals surface area contributed by atoms with Gasteiger partial charge in [-0.3, -0.25) is 9.69 Å². The summed E-state index contributed by atoms with van der Waals surface area (Å²) in [5, 5.41) is 0. The van der Waals surface area contributed by atoms with Crippen LogP contribution in [0.2, 0.25) is 0 Å². The van der Waals surface area contributed by atoms with Gasteiger partial charge in [0.1, 0.15) is 35.9 Å². The molecule has 1 heterocycles. The van der Waals surface area contributed by atoms with E-state index in [0.29, 0.717) is 40.7 Å². The van der Waals surface area contributed by atoms with Gasteiger partial charge in [0, 0.05) is 25.2 Å². The summed E-state index contributed by atoms with van der Waals surface area (Å²) < 4.78 is 27.3. The molecule has 2 atom stereocenters. The highest BCUT2D eigenvalue weighted by Gasteiger charge is 2.34. The van der Waals surface area contributed by atoms with Gasteiger partial charge in [-0.1, -0.05) is 24.3 Å². The minimum atomic E-state index is -0.771. The van der Waals surface area contributed by atoms with Gasteiger partial charge in [0.15, 0.2) is 0 Å². The molecule has 0 saturated carbocycles. The minimum absolute atomic E-state index is 0.0881. The molecule has 0 aliphatic rings. The van der Waals surface area contributed by atoms with E-state index < -0.39 is 29.9 Å². The Hall–Kier alpha value is -4.32. The number of carbonyl (C=O) groups is 3. The number of thiazole rings is 1. The van der Waals surface area contributed by atoms with Gasteiger partial charge in [-0.05, 0) is 51.5 Å². The molecule has 2 unspecified atom stereocenters. The molecule has 0 spiro atoms. The molecule has 0 aliphatic carbocycles. The molecule has 0 N–H and O–H groups in total. The van der Waals surface area contributed by atoms with Gasteiger partial charge in [-0.25, -0.2) is 14.6 Å². The fourth-order valence-corrected chi connectivity index (χ4v) is 5.18. The van der Waals surface area contributed by atoms with Crippen molar-refractivity contribution in [3.05, 3.63) is 70.2 Å². The number of carbonyl (C=O) groups excluding carboxylic acids is 3. The molecular formula is C31H39N3O8S. The van der Waals surface area contributed by atoms with Crippen LogP contribution in [0.5, 0.6) is 11.5 Å². The van der Waals surface area contributed by atoms with Crippen LogP contribution in [0.25, 0.3) is 0 Å². The molecule has 1 aromatic heterocycles. The number of methoxy groups -OCH3 is 2. The van der Waals surface area contributed by atoms with E-state index in [1.54, 1.807) is 84.8 Å². The monoisotopic (exact) mass is 613 g/mol. The Morgan fingerprint density at radius 2 is 1.77 bits per heavy atom. The Morgan fingerprint density at radius 1 is 1.05 bits per heavy atom. The van der Waals surface area contributed by atoms with E-state index in [4.69, 9.17) is 23.7 Å². The standard InChI is InChI=1S/C31H39N3O8S/c1-21(15-22-13-14-24(38-6)16-27(22)39-7)41-29(36)33(5)17-25-28(43-19-32-25)26(18-40-20-35)34(23-11-9-8-10-12-23)30(37)42-31(2,3)4/h8-14,16,19-21,26H,15,17-18H2,1-7H3. The number of benzene rings is 2. The van der Waals surface area contributed by atoms with E-state index in [2.05, 4.69) is 4.98 Å². The summed E-state index contributed by atoms with van der Waals surface area (Å²) in [6, 6.07) is 13.7. The van der Waals surface area contributed by atoms with Crippen molar-refractivity contribution in [1.82, 2.24) is 9.88 Å². The third kappa shape index (κ3) is 9.34. The molecule has 3 aromatic rings. The molecule has 11 nitrogen and oxygen atoms in total. The molecule has 0 saturated heterocycles. The predicted octanol–water partition coefficient (Wildman–Crippen LogP) is 6.02. The van der Waals surface area contributed by atoms with Crippen molar-refractivity contribution in [1.29, 1.82) is 0 Å². The van der Waals surface area contributed by atoms with E-state index in [0.717, 1.165) is 5.56 Å². The number of aromatic nitrogens is 1. The lowest BCUT2D eigenvalue weighted by molar-refractivity contribution is -0.129. The lowest BCUT2D eigenvalue weighted by Crippen LogP contribution is -2.41. The molecule has 43 heavy (non-hydrogen) atoms. The summed E-state index contributed by atoms with van der Waals surface area (Å²) in [5.74, 6) is 1.30. The molecule has 232 valence electrons. The molecule has 0 aliphatic heterocycles. The van der Waals surface area contributed by atoms with Crippen LogP contribution in [0.15, 0.2) is 54.0 Å². The molecule has 3 rings (SSSR count). The average Bonchev–Trinajstić information content (AvgIpc) is 3.42. The van der Waals surface area contributed by atoms with Crippen LogP contribution in [-0.4, -0.2) is 68.1 Å². The molecule has 12 heteroatoms. The first-order chi connectivity index (χ1) is 20.5. The number of hydrogen-bond donors (Lipinski definition) is 0. The number of nitrogens with zero attached hydrogens (tertiary/aromatic N) is 3. The summed E-state index contributed by atoms with van der Waals surface area (Å²) in [7, 11) is 4.76. The third-order valence-electron chi connectivity index (χ3n) is 6.24. The summed E-state index contributed by atoms with van der Waals surface area (Å²) >= 11 is 1.28. The predicted molar refractivity (Wildman–Crippen MR) is 163 cm³/mol. The number of anilines is 1. The van der Waals surface area contributed by atoms with E-state index in [-0.39, 0.29) is 13.2 Å². The first-order valence-corrected chi connectivity index (χ1v) is 14.5. The first-order valence-electron chi connectivity index (χ1n) is 13.6. The quantitative estimate of drug-likeness (QED) is 0.169. The van der Waals surface area contributed by atoms with Crippen molar-refractivity contribution < 1.29 is 38.1 Å². The molecule has 2 amide bonds. The zero-order valence-electron chi connectivity index (χ0n) is 25.6. The van der Waals surface area contributed by atoms with Crippen LogP contribution in [0.3, 0.4) is 0 Å². The zero-order valence-corrected chi connectivity index (χ0v) is 26.4. The second kappa shape index (κ2) is 15.2. The lowest BCUT2D eigenvalue weighted by atomic mass is 10.1. The highest BCUT2D eigenvalue weighted by atomic mass is 32.1. The lowest BCUT2D eigenvalue weighted by Gasteiger charge is -2.33. The Labute approximate surface area is 256 Å². The van der Waals surface area contributed by atoms with Gasteiger partial charge < -0.3 is 28.6 Å². The maximum atomic E-state index is 13.5. The van der Waals surface area contributed by atoms with E-state index in [1.807, 2.05) is 18.2 Å². The van der Waals surface area contributed by atoms with E-state index in [1.165, 1.54) is 21.1 Å². The number of amides is 2. The van der Waals surface area contributed by atoms with Crippen LogP contribution in [0, 0.1) is 0 Å². The molecule has 2 aromatic carbocycles. The fourth-order valence-electron chi connectivity index (χ4n) is 4.30. The zero-order chi connectivity index (χ0) is 31.6. The highest BCUT2D eigenvalue weighted by molar-refractivity contribution is 7.09. The van der Waals surface area contributed by atoms with Gasteiger partial charge in [0.2, 0.25) is 0 Å². The van der Waals surface area contributed by atoms with Gasteiger partial charge in [0.25, 0.3) is 6.47 Å². The van der Waals surface area contributed by atoms with Crippen LogP contribution in [-0.2, 0) is 32.0 Å². The molecular weight excluding hydrogens is 574 g/mol. The van der Waals surface area contributed by atoms with Crippen LogP contribution < -0.4 is 14.4 Å². The molecule has 0 fully saturated rings. The van der Waals surface area contributed by atoms with Crippen LogP contribution in [0.4, 0.5) is 15.3 Å².